The molecule has 1 rings (SSSR count). The van der Waals surface area contributed by atoms with Crippen molar-refractivity contribution in [2.24, 2.45) is 0 Å². The van der Waals surface area contributed by atoms with Crippen molar-refractivity contribution in [1.82, 2.24) is 4.90 Å². The fourth-order valence-electron chi connectivity index (χ4n) is 2.08. The second kappa shape index (κ2) is 9.14. The molecule has 0 radical (unpaired) electrons. The minimum Gasteiger partial charge on any atom is -0.478 e. The summed E-state index contributed by atoms with van der Waals surface area (Å²) in [4.78, 5) is 13.4. The lowest BCUT2D eigenvalue weighted by molar-refractivity contribution is 0.0697. The fraction of sp³-hybridized carbons (Fsp3) is 0.562. The highest BCUT2D eigenvalue weighted by atomic mass is 79.9. The van der Waals surface area contributed by atoms with Gasteiger partial charge in [-0.25, -0.2) is 4.79 Å². The first-order valence-corrected chi connectivity index (χ1v) is 8.11. The molecule has 0 heterocycles. The molecule has 20 heavy (non-hydrogen) atoms. The zero-order chi connectivity index (χ0) is 15.0. The Labute approximate surface area is 130 Å². The summed E-state index contributed by atoms with van der Waals surface area (Å²) in [6.45, 7) is 7.48. The highest BCUT2D eigenvalue weighted by molar-refractivity contribution is 9.10. The van der Waals surface area contributed by atoms with Gasteiger partial charge in [-0.15, -0.1) is 0 Å². The van der Waals surface area contributed by atoms with Crippen molar-refractivity contribution < 1.29 is 9.90 Å². The Balaban J connectivity index is 2.73. The molecule has 0 bridgehead atoms. The summed E-state index contributed by atoms with van der Waals surface area (Å²) < 4.78 is 0.885. The minimum atomic E-state index is -0.883. The molecule has 112 valence electrons. The molecule has 0 spiro atoms. The number of halogens is 1. The number of carboxylic acid groups (broad SMARTS) is 1. The monoisotopic (exact) mass is 341 g/mol. The van der Waals surface area contributed by atoms with Crippen LogP contribution in [0.2, 0.25) is 0 Å². The van der Waals surface area contributed by atoms with Crippen molar-refractivity contribution in [1.29, 1.82) is 0 Å². The first-order valence-electron chi connectivity index (χ1n) is 7.32. The van der Waals surface area contributed by atoms with Gasteiger partial charge in [-0.05, 0) is 43.6 Å². The smallest absolute Gasteiger partial charge is 0.335 e. The number of nitrogens with zero attached hydrogens (tertiary/aromatic N) is 1. The molecule has 0 saturated heterocycles. The molecule has 0 saturated carbocycles. The summed E-state index contributed by atoms with van der Waals surface area (Å²) in [5, 5.41) is 8.98. The Morgan fingerprint density at radius 2 is 1.80 bits per heavy atom. The largest absolute Gasteiger partial charge is 0.478 e. The van der Waals surface area contributed by atoms with Crippen LogP contribution >= 0.6 is 15.9 Å². The molecular weight excluding hydrogens is 318 g/mol. The van der Waals surface area contributed by atoms with Gasteiger partial charge in [-0.3, -0.25) is 4.90 Å². The Morgan fingerprint density at radius 3 is 2.25 bits per heavy atom. The number of hydrogen-bond donors (Lipinski definition) is 1. The molecular formula is C16H24BrNO2. The number of unbranched alkanes of at least 4 members (excludes halogenated alkanes) is 2. The van der Waals surface area contributed by atoms with E-state index in [1.165, 1.54) is 25.7 Å². The molecule has 0 fully saturated rings. The van der Waals surface area contributed by atoms with Gasteiger partial charge in [0.15, 0.2) is 0 Å². The van der Waals surface area contributed by atoms with Gasteiger partial charge in [-0.1, -0.05) is 48.7 Å². The second-order valence-corrected chi connectivity index (χ2v) is 5.95. The summed E-state index contributed by atoms with van der Waals surface area (Å²) in [7, 11) is 0. The highest BCUT2D eigenvalue weighted by Gasteiger charge is 2.10. The quantitative estimate of drug-likeness (QED) is 0.716. The van der Waals surface area contributed by atoms with Crippen molar-refractivity contribution in [2.75, 3.05) is 13.1 Å². The van der Waals surface area contributed by atoms with Crippen LogP contribution in [-0.2, 0) is 6.54 Å². The van der Waals surface area contributed by atoms with Gasteiger partial charge in [0.1, 0.15) is 0 Å². The second-order valence-electron chi connectivity index (χ2n) is 5.09. The van der Waals surface area contributed by atoms with E-state index in [1.54, 1.807) is 12.1 Å². The maximum atomic E-state index is 10.9. The van der Waals surface area contributed by atoms with Gasteiger partial charge in [0.25, 0.3) is 0 Å². The Morgan fingerprint density at radius 1 is 1.20 bits per heavy atom. The highest BCUT2D eigenvalue weighted by Crippen LogP contribution is 2.21. The summed E-state index contributed by atoms with van der Waals surface area (Å²) in [5.74, 6) is -0.883. The van der Waals surface area contributed by atoms with Crippen LogP contribution in [-0.4, -0.2) is 29.1 Å². The Hall–Kier alpha value is -0.870. The number of benzene rings is 1. The molecule has 0 aliphatic rings. The first-order chi connectivity index (χ1) is 9.58. The van der Waals surface area contributed by atoms with Crippen molar-refractivity contribution in [2.45, 2.75) is 46.1 Å². The maximum absolute atomic E-state index is 10.9. The van der Waals surface area contributed by atoms with Crippen molar-refractivity contribution in [3.8, 4) is 0 Å². The van der Waals surface area contributed by atoms with Crippen LogP contribution in [0.4, 0.5) is 0 Å². The van der Waals surface area contributed by atoms with Gasteiger partial charge in [-0.2, -0.15) is 0 Å². The lowest BCUT2D eigenvalue weighted by Gasteiger charge is -2.22. The summed E-state index contributed by atoms with van der Waals surface area (Å²) in [6, 6.07) is 5.29. The van der Waals surface area contributed by atoms with Crippen LogP contribution in [0, 0.1) is 0 Å². The minimum absolute atomic E-state index is 0.328. The van der Waals surface area contributed by atoms with Gasteiger partial charge in [0.2, 0.25) is 0 Å². The Bertz CT molecular complexity index is 426. The van der Waals surface area contributed by atoms with Crippen LogP contribution in [0.25, 0.3) is 0 Å². The molecule has 0 aliphatic carbocycles. The van der Waals surface area contributed by atoms with E-state index in [-0.39, 0.29) is 0 Å². The molecule has 3 nitrogen and oxygen atoms in total. The number of carboxylic acids is 1. The number of rotatable bonds is 9. The normalized spacial score (nSPS) is 11.0. The van der Waals surface area contributed by atoms with E-state index in [0.29, 0.717) is 5.56 Å². The lowest BCUT2D eigenvalue weighted by Crippen LogP contribution is -2.25. The summed E-state index contributed by atoms with van der Waals surface area (Å²) in [6.07, 6.45) is 4.80. The summed E-state index contributed by atoms with van der Waals surface area (Å²) in [5.41, 5.74) is 1.48. The third-order valence-electron chi connectivity index (χ3n) is 3.35. The predicted octanol–water partition coefficient (Wildman–Crippen LogP) is 4.55. The van der Waals surface area contributed by atoms with Crippen LogP contribution < -0.4 is 0 Å². The van der Waals surface area contributed by atoms with Crippen LogP contribution in [0.3, 0.4) is 0 Å². The van der Waals surface area contributed by atoms with E-state index in [9.17, 15) is 4.79 Å². The molecule has 0 unspecified atom stereocenters. The average molecular weight is 342 g/mol. The van der Waals surface area contributed by atoms with Gasteiger partial charge in [0, 0.05) is 11.0 Å². The molecule has 0 aliphatic heterocycles. The lowest BCUT2D eigenvalue weighted by atomic mass is 10.1. The van der Waals surface area contributed by atoms with Crippen molar-refractivity contribution >= 4 is 21.9 Å². The van der Waals surface area contributed by atoms with E-state index in [4.69, 9.17) is 5.11 Å². The standard InChI is InChI=1S/C16H24BrNO2/c1-3-5-9-18(10-6-4-2)12-14-8-7-13(16(19)20)11-15(14)17/h7-8,11H,3-6,9-10,12H2,1-2H3,(H,19,20). The molecule has 1 aromatic rings. The van der Waals surface area contributed by atoms with Gasteiger partial charge >= 0.3 is 5.97 Å². The maximum Gasteiger partial charge on any atom is 0.335 e. The molecule has 1 N–H and O–H groups in total. The summed E-state index contributed by atoms with van der Waals surface area (Å²) >= 11 is 3.49. The van der Waals surface area contributed by atoms with E-state index in [0.717, 1.165) is 29.7 Å². The van der Waals surface area contributed by atoms with Crippen LogP contribution in [0.15, 0.2) is 22.7 Å². The number of carbonyl (C=O) groups is 1. The van der Waals surface area contributed by atoms with Crippen molar-refractivity contribution in [3.05, 3.63) is 33.8 Å². The molecule has 1 aromatic carbocycles. The zero-order valence-electron chi connectivity index (χ0n) is 12.4. The average Bonchev–Trinajstić information content (AvgIpc) is 2.43. The van der Waals surface area contributed by atoms with Crippen LogP contribution in [0.5, 0.6) is 0 Å². The zero-order valence-corrected chi connectivity index (χ0v) is 13.9. The van der Waals surface area contributed by atoms with Gasteiger partial charge in [0.05, 0.1) is 5.56 Å². The fourth-order valence-corrected chi connectivity index (χ4v) is 2.59. The first kappa shape index (κ1) is 17.2. The van der Waals surface area contributed by atoms with E-state index < -0.39 is 5.97 Å². The SMILES string of the molecule is CCCCN(CCCC)Cc1ccc(C(=O)O)cc1Br. The number of hydrogen-bond acceptors (Lipinski definition) is 2. The van der Waals surface area contributed by atoms with E-state index in [1.807, 2.05) is 6.07 Å². The molecule has 0 amide bonds. The van der Waals surface area contributed by atoms with Crippen molar-refractivity contribution in [3.63, 3.8) is 0 Å². The molecule has 0 atom stereocenters. The molecule has 0 aromatic heterocycles. The van der Waals surface area contributed by atoms with Crippen LogP contribution in [0.1, 0.15) is 55.5 Å². The predicted molar refractivity (Wildman–Crippen MR) is 86.2 cm³/mol. The third kappa shape index (κ3) is 5.63. The van der Waals surface area contributed by atoms with E-state index >= 15 is 0 Å². The topological polar surface area (TPSA) is 40.5 Å². The molecule has 4 heteroatoms. The Kier molecular flexibility index (Phi) is 7.85. The van der Waals surface area contributed by atoms with Gasteiger partial charge < -0.3 is 5.11 Å². The third-order valence-corrected chi connectivity index (χ3v) is 4.09. The number of aromatic carboxylic acids is 1. The van der Waals surface area contributed by atoms with E-state index in [2.05, 4.69) is 34.7 Å².